The highest BCUT2D eigenvalue weighted by atomic mass is 32.2. The molecule has 178 valence electrons. The van der Waals surface area contributed by atoms with E-state index >= 15 is 0 Å². The van der Waals surface area contributed by atoms with Crippen molar-refractivity contribution in [3.8, 4) is 5.75 Å². The molecule has 0 unspecified atom stereocenters. The van der Waals surface area contributed by atoms with Crippen molar-refractivity contribution in [2.75, 3.05) is 42.4 Å². The third-order valence-corrected chi connectivity index (χ3v) is 7.02. The van der Waals surface area contributed by atoms with Gasteiger partial charge in [-0.2, -0.15) is 0 Å². The van der Waals surface area contributed by atoms with E-state index in [0.29, 0.717) is 43.3 Å². The van der Waals surface area contributed by atoms with Gasteiger partial charge < -0.3 is 14.5 Å². The highest BCUT2D eigenvalue weighted by molar-refractivity contribution is 7.92. The van der Waals surface area contributed by atoms with E-state index in [1.165, 1.54) is 30.3 Å². The summed E-state index contributed by atoms with van der Waals surface area (Å²) in [5.74, 6) is -0.0521. The minimum absolute atomic E-state index is 0.0935. The van der Waals surface area contributed by atoms with Crippen LogP contribution in [0, 0.1) is 12.7 Å². The molecule has 0 saturated carbocycles. The van der Waals surface area contributed by atoms with Crippen LogP contribution in [0.3, 0.4) is 0 Å². The molecule has 7 nitrogen and oxygen atoms in total. The maximum absolute atomic E-state index is 14.0. The molecule has 0 bridgehead atoms. The van der Waals surface area contributed by atoms with Gasteiger partial charge in [0.25, 0.3) is 15.9 Å². The van der Waals surface area contributed by atoms with Crippen LogP contribution in [0.4, 0.5) is 15.8 Å². The van der Waals surface area contributed by atoms with Gasteiger partial charge in [-0.3, -0.25) is 9.52 Å². The number of hydrogen-bond donors (Lipinski definition) is 1. The molecular weight excluding hydrogens is 457 g/mol. The molecule has 0 atom stereocenters. The van der Waals surface area contributed by atoms with E-state index in [9.17, 15) is 17.6 Å². The van der Waals surface area contributed by atoms with E-state index < -0.39 is 10.0 Å². The lowest BCUT2D eigenvalue weighted by molar-refractivity contribution is -0.133. The van der Waals surface area contributed by atoms with Gasteiger partial charge in [0, 0.05) is 31.9 Å². The summed E-state index contributed by atoms with van der Waals surface area (Å²) in [6, 6.07) is 19.6. The fourth-order valence-corrected chi connectivity index (χ4v) is 4.75. The summed E-state index contributed by atoms with van der Waals surface area (Å²) in [5.41, 5.74) is 2.05. The Morgan fingerprint density at radius 2 is 1.59 bits per heavy atom. The van der Waals surface area contributed by atoms with Crippen LogP contribution in [-0.2, 0) is 14.8 Å². The molecule has 1 aliphatic heterocycles. The van der Waals surface area contributed by atoms with E-state index in [0.717, 1.165) is 5.56 Å². The number of halogens is 1. The van der Waals surface area contributed by atoms with Gasteiger partial charge in [-0.1, -0.05) is 29.8 Å². The van der Waals surface area contributed by atoms with E-state index in [1.807, 2.05) is 24.0 Å². The van der Waals surface area contributed by atoms with Crippen LogP contribution >= 0.6 is 0 Å². The molecule has 4 rings (SSSR count). The summed E-state index contributed by atoms with van der Waals surface area (Å²) >= 11 is 0. The average molecular weight is 484 g/mol. The highest BCUT2D eigenvalue weighted by Gasteiger charge is 2.23. The number of sulfonamides is 1. The Balaban J connectivity index is 1.28. The first kappa shape index (κ1) is 23.6. The molecule has 1 fully saturated rings. The van der Waals surface area contributed by atoms with Crippen molar-refractivity contribution in [3.05, 3.63) is 84.2 Å². The minimum Gasteiger partial charge on any atom is -0.484 e. The normalized spacial score (nSPS) is 14.1. The van der Waals surface area contributed by atoms with Crippen molar-refractivity contribution in [1.82, 2.24) is 4.90 Å². The van der Waals surface area contributed by atoms with Gasteiger partial charge in [0.15, 0.2) is 6.61 Å². The van der Waals surface area contributed by atoms with Crippen LogP contribution in [0.1, 0.15) is 5.56 Å². The standard InChI is InChI=1S/C25H26FN3O4S/c1-19-6-8-20(9-7-19)27-34(31,32)22-12-10-21(11-13-22)33-18-25(30)29-16-14-28(15-17-29)24-5-3-2-4-23(24)26/h2-13,27H,14-18H2,1H3. The van der Waals surface area contributed by atoms with Crippen LogP contribution in [0.5, 0.6) is 5.75 Å². The molecule has 1 amide bonds. The van der Waals surface area contributed by atoms with E-state index in [2.05, 4.69) is 4.72 Å². The number of carbonyl (C=O) groups is 1. The van der Waals surface area contributed by atoms with Gasteiger partial charge in [0.05, 0.1) is 10.6 Å². The lowest BCUT2D eigenvalue weighted by Gasteiger charge is -2.36. The van der Waals surface area contributed by atoms with Gasteiger partial charge >= 0.3 is 0 Å². The number of nitrogens with zero attached hydrogens (tertiary/aromatic N) is 2. The molecule has 1 N–H and O–H groups in total. The van der Waals surface area contributed by atoms with Gasteiger partial charge in [-0.05, 0) is 55.5 Å². The molecule has 3 aromatic carbocycles. The predicted octanol–water partition coefficient (Wildman–Crippen LogP) is 3.66. The van der Waals surface area contributed by atoms with E-state index in [1.54, 1.807) is 35.2 Å². The number of hydrogen-bond acceptors (Lipinski definition) is 5. The lowest BCUT2D eigenvalue weighted by Crippen LogP contribution is -2.50. The Hall–Kier alpha value is -3.59. The van der Waals surface area contributed by atoms with Crippen molar-refractivity contribution in [3.63, 3.8) is 0 Å². The number of aryl methyl sites for hydroxylation is 1. The smallest absolute Gasteiger partial charge is 0.261 e. The van der Waals surface area contributed by atoms with E-state index in [-0.39, 0.29) is 23.2 Å². The first-order valence-electron chi connectivity index (χ1n) is 10.9. The van der Waals surface area contributed by atoms with Crippen LogP contribution in [0.2, 0.25) is 0 Å². The van der Waals surface area contributed by atoms with Crippen molar-refractivity contribution < 1.29 is 22.3 Å². The minimum atomic E-state index is -3.73. The van der Waals surface area contributed by atoms with Crippen molar-refractivity contribution in [2.24, 2.45) is 0 Å². The number of amides is 1. The molecule has 0 radical (unpaired) electrons. The Morgan fingerprint density at radius 1 is 0.941 bits per heavy atom. The second kappa shape index (κ2) is 10.1. The van der Waals surface area contributed by atoms with Crippen molar-refractivity contribution in [2.45, 2.75) is 11.8 Å². The number of rotatable bonds is 7. The molecule has 1 heterocycles. The highest BCUT2D eigenvalue weighted by Crippen LogP contribution is 2.21. The first-order valence-corrected chi connectivity index (χ1v) is 12.4. The summed E-state index contributed by atoms with van der Waals surface area (Å²) in [6.45, 7) is 3.78. The maximum atomic E-state index is 14.0. The summed E-state index contributed by atoms with van der Waals surface area (Å²) in [5, 5.41) is 0. The van der Waals surface area contributed by atoms with Gasteiger partial charge in [-0.25, -0.2) is 12.8 Å². The maximum Gasteiger partial charge on any atom is 0.261 e. The largest absolute Gasteiger partial charge is 0.484 e. The molecule has 1 saturated heterocycles. The number of para-hydroxylation sites is 1. The summed E-state index contributed by atoms with van der Waals surface area (Å²) in [4.78, 5) is 16.2. The zero-order valence-corrected chi connectivity index (χ0v) is 19.6. The van der Waals surface area contributed by atoms with Crippen LogP contribution in [0.25, 0.3) is 0 Å². The Morgan fingerprint density at radius 3 is 2.24 bits per heavy atom. The molecule has 1 aliphatic rings. The number of piperazine rings is 1. The molecule has 0 aromatic heterocycles. The zero-order chi connectivity index (χ0) is 24.1. The lowest BCUT2D eigenvalue weighted by atomic mass is 10.2. The topological polar surface area (TPSA) is 78.9 Å². The van der Waals surface area contributed by atoms with Crippen molar-refractivity contribution >= 4 is 27.3 Å². The number of carbonyl (C=O) groups excluding carboxylic acids is 1. The number of ether oxygens (including phenoxy) is 1. The van der Waals surface area contributed by atoms with Crippen molar-refractivity contribution in [1.29, 1.82) is 0 Å². The number of nitrogens with one attached hydrogen (secondary N) is 1. The second-order valence-electron chi connectivity index (χ2n) is 8.05. The predicted molar refractivity (Wildman–Crippen MR) is 129 cm³/mol. The Kier molecular flexibility index (Phi) is 7.02. The molecule has 9 heteroatoms. The SMILES string of the molecule is Cc1ccc(NS(=O)(=O)c2ccc(OCC(=O)N3CCN(c4ccccc4F)CC3)cc2)cc1. The first-order chi connectivity index (χ1) is 16.3. The monoisotopic (exact) mass is 483 g/mol. The quantitative estimate of drug-likeness (QED) is 0.555. The zero-order valence-electron chi connectivity index (χ0n) is 18.8. The molecule has 0 spiro atoms. The summed E-state index contributed by atoms with van der Waals surface area (Å²) in [6.07, 6.45) is 0. The third-order valence-electron chi connectivity index (χ3n) is 5.63. The van der Waals surface area contributed by atoms with Crippen LogP contribution in [0.15, 0.2) is 77.7 Å². The summed E-state index contributed by atoms with van der Waals surface area (Å²) in [7, 11) is -3.73. The molecule has 3 aromatic rings. The van der Waals surface area contributed by atoms with Gasteiger partial charge in [-0.15, -0.1) is 0 Å². The Labute approximate surface area is 198 Å². The summed E-state index contributed by atoms with van der Waals surface area (Å²) < 4.78 is 47.2. The second-order valence-corrected chi connectivity index (χ2v) is 9.73. The fourth-order valence-electron chi connectivity index (χ4n) is 3.69. The number of anilines is 2. The van der Waals surface area contributed by atoms with Gasteiger partial charge in [0.1, 0.15) is 11.6 Å². The fraction of sp³-hybridized carbons (Fsp3) is 0.240. The van der Waals surface area contributed by atoms with Crippen LogP contribution in [-0.4, -0.2) is 52.0 Å². The van der Waals surface area contributed by atoms with E-state index in [4.69, 9.17) is 4.74 Å². The third kappa shape index (κ3) is 5.66. The molecular formula is C25H26FN3O4S. The Bertz CT molecular complexity index is 1240. The molecule has 34 heavy (non-hydrogen) atoms. The van der Waals surface area contributed by atoms with Crippen LogP contribution < -0.4 is 14.4 Å². The van der Waals surface area contributed by atoms with Gasteiger partial charge in [0.2, 0.25) is 0 Å². The molecule has 0 aliphatic carbocycles. The number of benzene rings is 3. The average Bonchev–Trinajstić information content (AvgIpc) is 2.84.